The molecule has 4 nitrogen and oxygen atoms in total. The van der Waals surface area contributed by atoms with Crippen molar-refractivity contribution >= 4 is 81.6 Å². The summed E-state index contributed by atoms with van der Waals surface area (Å²) in [7, 11) is 0. The second-order valence-electron chi connectivity index (χ2n) is 15.7. The topological polar surface area (TPSA) is 31.3 Å². The molecule has 4 heterocycles. The molecule has 0 fully saturated rings. The summed E-state index contributed by atoms with van der Waals surface area (Å²) in [5.74, 6) is 0. The fourth-order valence-corrected chi connectivity index (χ4v) is 9.99. The molecular weight excluding hydrogens is 719 g/mol. The smallest absolute Gasteiger partial charge is 0.263 e. The van der Waals surface area contributed by atoms with Gasteiger partial charge in [-0.25, -0.2) is 0 Å². The van der Waals surface area contributed by atoms with E-state index in [4.69, 9.17) is 0 Å². The number of fused-ring (bicyclic) bond motifs is 11. The number of nitrogens with zero attached hydrogens (tertiary/aromatic N) is 3. The summed E-state index contributed by atoms with van der Waals surface area (Å²) in [6, 6.07) is 71.4. The molecule has 274 valence electrons. The van der Waals surface area contributed by atoms with Crippen molar-refractivity contribution in [3.63, 3.8) is 0 Å². The Morgan fingerprint density at radius 3 is 1.20 bits per heavy atom. The van der Waals surface area contributed by atoms with E-state index in [9.17, 15) is 4.79 Å². The molecule has 0 saturated carbocycles. The Morgan fingerprint density at radius 2 is 0.678 bits per heavy atom. The number of pyridine rings is 1. The third-order valence-corrected chi connectivity index (χ3v) is 12.5. The van der Waals surface area contributed by atoms with Crippen molar-refractivity contribution in [2.24, 2.45) is 0 Å². The van der Waals surface area contributed by atoms with E-state index in [2.05, 4.69) is 191 Å². The normalized spacial score (nSPS) is 12.1. The predicted octanol–water partition coefficient (Wildman–Crippen LogP) is 13.7. The molecule has 0 amide bonds. The van der Waals surface area contributed by atoms with E-state index in [1.165, 1.54) is 43.6 Å². The lowest BCUT2D eigenvalue weighted by Gasteiger charge is -2.12. The molecule has 0 unspecified atom stereocenters. The van der Waals surface area contributed by atoms with Gasteiger partial charge >= 0.3 is 0 Å². The van der Waals surface area contributed by atoms with Gasteiger partial charge in [0, 0.05) is 54.5 Å². The minimum absolute atomic E-state index is 0.00956. The molecule has 0 spiro atoms. The minimum Gasteiger partial charge on any atom is -0.309 e. The Balaban J connectivity index is 1.04. The fourth-order valence-electron chi connectivity index (χ4n) is 9.99. The van der Waals surface area contributed by atoms with Gasteiger partial charge in [0.2, 0.25) is 0 Å². The first kappa shape index (κ1) is 32.2. The van der Waals surface area contributed by atoms with Crippen molar-refractivity contribution in [3.05, 3.63) is 211 Å². The van der Waals surface area contributed by atoms with E-state index < -0.39 is 0 Å². The third-order valence-electron chi connectivity index (χ3n) is 12.5. The molecule has 0 N–H and O–H groups in total. The number of hydrogen-bond donors (Lipinski definition) is 0. The number of para-hydroxylation sites is 4. The van der Waals surface area contributed by atoms with E-state index in [-0.39, 0.29) is 5.56 Å². The second kappa shape index (κ2) is 12.0. The molecule has 9 aromatic carbocycles. The van der Waals surface area contributed by atoms with Crippen LogP contribution in [0, 0.1) is 0 Å². The summed E-state index contributed by atoms with van der Waals surface area (Å²) >= 11 is 0. The molecule has 0 atom stereocenters. The second-order valence-corrected chi connectivity index (χ2v) is 15.7. The zero-order valence-corrected chi connectivity index (χ0v) is 31.8. The van der Waals surface area contributed by atoms with Gasteiger partial charge < -0.3 is 9.13 Å². The van der Waals surface area contributed by atoms with Crippen LogP contribution in [0.4, 0.5) is 0 Å². The first-order chi connectivity index (χ1) is 29.2. The average molecular weight is 752 g/mol. The van der Waals surface area contributed by atoms with Crippen LogP contribution < -0.4 is 5.56 Å². The molecule has 13 rings (SSSR count). The highest BCUT2D eigenvalue weighted by molar-refractivity contribution is 6.22. The lowest BCUT2D eigenvalue weighted by Crippen LogP contribution is -2.12. The van der Waals surface area contributed by atoms with Crippen LogP contribution in [0.2, 0.25) is 0 Å². The third kappa shape index (κ3) is 4.51. The summed E-state index contributed by atoms with van der Waals surface area (Å²) in [5, 5.41) is 9.85. The van der Waals surface area contributed by atoms with Gasteiger partial charge in [-0.05, 0) is 107 Å². The van der Waals surface area contributed by atoms with Gasteiger partial charge in [0.15, 0.2) is 0 Å². The van der Waals surface area contributed by atoms with E-state index in [0.717, 1.165) is 71.6 Å². The van der Waals surface area contributed by atoms with Gasteiger partial charge in [-0.3, -0.25) is 9.20 Å². The summed E-state index contributed by atoms with van der Waals surface area (Å²) in [6.45, 7) is 0. The Bertz CT molecular complexity index is 3830. The van der Waals surface area contributed by atoms with Crippen LogP contribution in [0.5, 0.6) is 0 Å². The molecule has 0 bridgehead atoms. The quantitative estimate of drug-likeness (QED) is 0.165. The van der Waals surface area contributed by atoms with Gasteiger partial charge in [0.05, 0.1) is 33.1 Å². The Morgan fingerprint density at radius 1 is 0.271 bits per heavy atom. The van der Waals surface area contributed by atoms with Crippen molar-refractivity contribution in [1.29, 1.82) is 0 Å². The lowest BCUT2D eigenvalue weighted by atomic mass is 9.96. The van der Waals surface area contributed by atoms with E-state index in [1.807, 2.05) is 22.6 Å². The Labute approximate surface area is 338 Å². The molecule has 0 aliphatic rings. The maximum Gasteiger partial charge on any atom is 0.263 e. The van der Waals surface area contributed by atoms with Crippen LogP contribution in [0.15, 0.2) is 205 Å². The minimum atomic E-state index is 0.00956. The van der Waals surface area contributed by atoms with Crippen LogP contribution in [0.1, 0.15) is 0 Å². The molecule has 59 heavy (non-hydrogen) atoms. The Hall–Kier alpha value is -7.95. The van der Waals surface area contributed by atoms with Crippen molar-refractivity contribution in [3.8, 4) is 33.6 Å². The SMILES string of the molecule is O=c1c2ccccc2c2cc(-c3cccc(-n4c5ccccc5c5ccccc54)c3)cc3c4cc(-c5cccc(-n6c7ccccc7c7ccccc76)c5)ccc4n1c23. The number of hydrogen-bond acceptors (Lipinski definition) is 1. The van der Waals surface area contributed by atoms with Gasteiger partial charge in [-0.2, -0.15) is 0 Å². The number of aromatic nitrogens is 3. The van der Waals surface area contributed by atoms with Crippen molar-refractivity contribution in [1.82, 2.24) is 13.5 Å². The summed E-state index contributed by atoms with van der Waals surface area (Å²) in [4.78, 5) is 14.4. The van der Waals surface area contributed by atoms with Crippen molar-refractivity contribution in [2.75, 3.05) is 0 Å². The van der Waals surface area contributed by atoms with Gasteiger partial charge in [0.25, 0.3) is 5.56 Å². The molecule has 0 aliphatic heterocycles. The van der Waals surface area contributed by atoms with Gasteiger partial charge in [0.1, 0.15) is 0 Å². The lowest BCUT2D eigenvalue weighted by molar-refractivity contribution is 1.18. The van der Waals surface area contributed by atoms with Crippen LogP contribution in [0.25, 0.3) is 115 Å². The van der Waals surface area contributed by atoms with Crippen LogP contribution in [-0.2, 0) is 0 Å². The molecule has 4 aromatic heterocycles. The zero-order valence-electron chi connectivity index (χ0n) is 31.8. The molecule has 13 aromatic rings. The summed E-state index contributed by atoms with van der Waals surface area (Å²) < 4.78 is 6.68. The molecule has 0 saturated heterocycles. The molecule has 4 heteroatoms. The first-order valence-corrected chi connectivity index (χ1v) is 20.1. The standard InChI is InChI=1S/C55H33N3O/c59-55-45-22-2-1-17-40(45)47-32-37(35-14-12-16-39(30-35)57-51-25-9-5-20-43(51)44-21-6-10-26-52(44)57)33-48-46-31-36(27-28-53(46)58(55)54(47)48)34-13-11-15-38(29-34)56-49-23-7-3-18-41(49)42-19-4-8-24-50(42)56/h1-33H. The average Bonchev–Trinajstić information content (AvgIpc) is 3.94. The number of rotatable bonds is 4. The van der Waals surface area contributed by atoms with Gasteiger partial charge in [-0.1, -0.05) is 121 Å². The molecule has 0 aliphatic carbocycles. The number of benzene rings is 9. The summed E-state index contributed by atoms with van der Waals surface area (Å²) in [5.41, 5.74) is 13.3. The van der Waals surface area contributed by atoms with Crippen molar-refractivity contribution < 1.29 is 0 Å². The largest absolute Gasteiger partial charge is 0.309 e. The maximum absolute atomic E-state index is 14.4. The van der Waals surface area contributed by atoms with Crippen LogP contribution in [0.3, 0.4) is 0 Å². The molecular formula is C55H33N3O. The van der Waals surface area contributed by atoms with E-state index >= 15 is 0 Å². The van der Waals surface area contributed by atoms with Crippen LogP contribution in [-0.4, -0.2) is 13.5 Å². The molecule has 0 radical (unpaired) electrons. The van der Waals surface area contributed by atoms with E-state index in [0.29, 0.717) is 0 Å². The monoisotopic (exact) mass is 751 g/mol. The van der Waals surface area contributed by atoms with Crippen LogP contribution >= 0.6 is 0 Å². The van der Waals surface area contributed by atoms with Gasteiger partial charge in [-0.15, -0.1) is 0 Å². The van der Waals surface area contributed by atoms with E-state index in [1.54, 1.807) is 0 Å². The highest BCUT2D eigenvalue weighted by atomic mass is 16.1. The maximum atomic E-state index is 14.4. The van der Waals surface area contributed by atoms with Crippen molar-refractivity contribution in [2.45, 2.75) is 0 Å². The summed E-state index contributed by atoms with van der Waals surface area (Å²) in [6.07, 6.45) is 0. The predicted molar refractivity (Wildman–Crippen MR) is 247 cm³/mol. The highest BCUT2D eigenvalue weighted by Crippen LogP contribution is 2.41. The highest BCUT2D eigenvalue weighted by Gasteiger charge is 2.20. The Kier molecular flexibility index (Phi) is 6.56. The fraction of sp³-hybridized carbons (Fsp3) is 0. The first-order valence-electron chi connectivity index (χ1n) is 20.1. The zero-order chi connectivity index (χ0) is 38.8.